The number of piperidine rings is 1. The third kappa shape index (κ3) is 4.35. The Morgan fingerprint density at radius 1 is 1.29 bits per heavy atom. The smallest absolute Gasteiger partial charge is 0.225 e. The third-order valence-corrected chi connectivity index (χ3v) is 5.91. The molecule has 0 spiro atoms. The summed E-state index contributed by atoms with van der Waals surface area (Å²) in [5, 5.41) is 6.24. The Hall–Kier alpha value is -1.43. The fourth-order valence-corrected chi connectivity index (χ4v) is 4.10. The van der Waals surface area contributed by atoms with Crippen molar-refractivity contribution >= 4 is 23.2 Å². The normalized spacial score (nSPS) is 18.9. The Balaban J connectivity index is 1.44. The average molecular weight is 350 g/mol. The van der Waals surface area contributed by atoms with Gasteiger partial charge in [0.25, 0.3) is 0 Å². The standard InChI is InChI=1S/C18H27N3O2S/c1-12(2)16(22)19-8-5-15-11-24-17(20-15)13-6-9-21(10-7-13)18(23)14-3-4-14/h11-14H,3-10H2,1-2H3,(H,19,22). The van der Waals surface area contributed by atoms with Crippen molar-refractivity contribution in [3.8, 4) is 0 Å². The summed E-state index contributed by atoms with van der Waals surface area (Å²) in [5.74, 6) is 1.30. The van der Waals surface area contributed by atoms with Crippen LogP contribution in [0.25, 0.3) is 0 Å². The molecule has 0 bridgehead atoms. The topological polar surface area (TPSA) is 62.3 Å². The molecule has 132 valence electrons. The zero-order valence-corrected chi connectivity index (χ0v) is 15.4. The first-order chi connectivity index (χ1) is 11.5. The molecule has 1 saturated heterocycles. The highest BCUT2D eigenvalue weighted by molar-refractivity contribution is 7.09. The van der Waals surface area contributed by atoms with Crippen LogP contribution in [0.4, 0.5) is 0 Å². The highest BCUT2D eigenvalue weighted by atomic mass is 32.1. The van der Waals surface area contributed by atoms with Crippen molar-refractivity contribution in [2.45, 2.75) is 51.9 Å². The monoisotopic (exact) mass is 349 g/mol. The number of rotatable bonds is 6. The van der Waals surface area contributed by atoms with Crippen molar-refractivity contribution in [3.05, 3.63) is 16.1 Å². The third-order valence-electron chi connectivity index (χ3n) is 4.86. The Morgan fingerprint density at radius 2 is 2.00 bits per heavy atom. The van der Waals surface area contributed by atoms with Gasteiger partial charge in [-0.1, -0.05) is 13.8 Å². The minimum atomic E-state index is 0.0273. The van der Waals surface area contributed by atoms with E-state index in [0.29, 0.717) is 24.3 Å². The summed E-state index contributed by atoms with van der Waals surface area (Å²) in [7, 11) is 0. The minimum absolute atomic E-state index is 0.0273. The van der Waals surface area contributed by atoms with Gasteiger partial charge in [0.1, 0.15) is 0 Å². The van der Waals surface area contributed by atoms with Gasteiger partial charge >= 0.3 is 0 Å². The Labute approximate surface area is 147 Å². The van der Waals surface area contributed by atoms with Gasteiger partial charge in [-0.3, -0.25) is 9.59 Å². The molecule has 0 unspecified atom stereocenters. The highest BCUT2D eigenvalue weighted by Gasteiger charge is 2.35. The van der Waals surface area contributed by atoms with E-state index in [1.807, 2.05) is 18.7 Å². The first kappa shape index (κ1) is 17.4. The lowest BCUT2D eigenvalue weighted by Crippen LogP contribution is -2.38. The van der Waals surface area contributed by atoms with Crippen LogP contribution in [0.3, 0.4) is 0 Å². The fraction of sp³-hybridized carbons (Fsp3) is 0.722. The van der Waals surface area contributed by atoms with Gasteiger partial charge in [0, 0.05) is 49.2 Å². The van der Waals surface area contributed by atoms with Gasteiger partial charge in [-0.15, -0.1) is 11.3 Å². The molecule has 0 radical (unpaired) electrons. The lowest BCUT2D eigenvalue weighted by molar-refractivity contribution is -0.133. The van der Waals surface area contributed by atoms with E-state index in [-0.39, 0.29) is 11.8 Å². The molecule has 3 rings (SSSR count). The molecule has 0 aromatic carbocycles. The van der Waals surface area contributed by atoms with E-state index >= 15 is 0 Å². The summed E-state index contributed by atoms with van der Waals surface area (Å²) in [6, 6.07) is 0. The van der Waals surface area contributed by atoms with Crippen LogP contribution in [0.5, 0.6) is 0 Å². The Bertz CT molecular complexity index is 587. The largest absolute Gasteiger partial charge is 0.355 e. The van der Waals surface area contributed by atoms with Crippen LogP contribution < -0.4 is 5.32 Å². The zero-order valence-electron chi connectivity index (χ0n) is 14.6. The van der Waals surface area contributed by atoms with Gasteiger partial charge in [0.05, 0.1) is 10.7 Å². The fourth-order valence-electron chi connectivity index (χ4n) is 3.08. The number of likely N-dealkylation sites (tertiary alicyclic amines) is 1. The minimum Gasteiger partial charge on any atom is -0.355 e. The summed E-state index contributed by atoms with van der Waals surface area (Å²) in [5.41, 5.74) is 1.07. The van der Waals surface area contributed by atoms with Crippen molar-refractivity contribution in [3.63, 3.8) is 0 Å². The van der Waals surface area contributed by atoms with E-state index in [4.69, 9.17) is 4.98 Å². The van der Waals surface area contributed by atoms with Crippen LogP contribution in [0.15, 0.2) is 5.38 Å². The van der Waals surface area contributed by atoms with E-state index in [1.54, 1.807) is 11.3 Å². The second kappa shape index (κ2) is 7.64. The number of hydrogen-bond donors (Lipinski definition) is 1. The SMILES string of the molecule is CC(C)C(=O)NCCc1csc(C2CCN(C(=O)C3CC3)CC2)n1. The maximum absolute atomic E-state index is 12.1. The highest BCUT2D eigenvalue weighted by Crippen LogP contribution is 2.35. The van der Waals surface area contributed by atoms with Crippen molar-refractivity contribution in [1.82, 2.24) is 15.2 Å². The van der Waals surface area contributed by atoms with E-state index < -0.39 is 0 Å². The molecule has 1 aliphatic carbocycles. The van der Waals surface area contributed by atoms with E-state index in [0.717, 1.165) is 50.9 Å². The first-order valence-corrected chi connectivity index (χ1v) is 9.93. The van der Waals surface area contributed by atoms with Crippen LogP contribution in [0, 0.1) is 11.8 Å². The number of hydrogen-bond acceptors (Lipinski definition) is 4. The zero-order chi connectivity index (χ0) is 17.1. The van der Waals surface area contributed by atoms with E-state index in [1.165, 1.54) is 5.01 Å². The van der Waals surface area contributed by atoms with Gasteiger partial charge in [0.15, 0.2) is 0 Å². The second-order valence-electron chi connectivity index (χ2n) is 7.25. The number of amides is 2. The maximum atomic E-state index is 12.1. The van der Waals surface area contributed by atoms with Gasteiger partial charge in [0.2, 0.25) is 11.8 Å². The maximum Gasteiger partial charge on any atom is 0.225 e. The van der Waals surface area contributed by atoms with Crippen molar-refractivity contribution in [2.24, 2.45) is 11.8 Å². The number of aromatic nitrogens is 1. The van der Waals surface area contributed by atoms with Crippen molar-refractivity contribution in [1.29, 1.82) is 0 Å². The summed E-state index contributed by atoms with van der Waals surface area (Å²) in [4.78, 5) is 30.5. The summed E-state index contributed by atoms with van der Waals surface area (Å²) in [6.45, 7) is 6.19. The molecule has 6 heteroatoms. The number of carbonyl (C=O) groups excluding carboxylic acids is 2. The van der Waals surface area contributed by atoms with Gasteiger partial charge < -0.3 is 10.2 Å². The van der Waals surface area contributed by atoms with Crippen LogP contribution in [0.1, 0.15) is 56.2 Å². The quantitative estimate of drug-likeness (QED) is 0.858. The molecular weight excluding hydrogens is 322 g/mol. The predicted octanol–water partition coefficient (Wildman–Crippen LogP) is 2.57. The van der Waals surface area contributed by atoms with Gasteiger partial charge in [-0.05, 0) is 25.7 Å². The molecule has 24 heavy (non-hydrogen) atoms. The molecule has 1 aliphatic heterocycles. The number of carbonyl (C=O) groups is 2. The number of thiazole rings is 1. The lowest BCUT2D eigenvalue weighted by Gasteiger charge is -2.31. The molecule has 2 fully saturated rings. The summed E-state index contributed by atoms with van der Waals surface area (Å²) in [6.07, 6.45) is 5.00. The summed E-state index contributed by atoms with van der Waals surface area (Å²) >= 11 is 1.72. The van der Waals surface area contributed by atoms with Gasteiger partial charge in [-0.25, -0.2) is 4.98 Å². The number of nitrogens with one attached hydrogen (secondary N) is 1. The molecule has 2 amide bonds. The Kier molecular flexibility index (Phi) is 5.54. The average Bonchev–Trinajstić information content (AvgIpc) is 3.33. The summed E-state index contributed by atoms with van der Waals surface area (Å²) < 4.78 is 0. The number of nitrogens with zero attached hydrogens (tertiary/aromatic N) is 2. The molecule has 2 aliphatic rings. The molecule has 2 heterocycles. The molecule has 1 saturated carbocycles. The molecular formula is C18H27N3O2S. The van der Waals surface area contributed by atoms with Crippen LogP contribution in [-0.2, 0) is 16.0 Å². The van der Waals surface area contributed by atoms with Crippen LogP contribution >= 0.6 is 11.3 Å². The first-order valence-electron chi connectivity index (χ1n) is 9.05. The van der Waals surface area contributed by atoms with Gasteiger partial charge in [-0.2, -0.15) is 0 Å². The Morgan fingerprint density at radius 3 is 2.62 bits per heavy atom. The van der Waals surface area contributed by atoms with Crippen molar-refractivity contribution in [2.75, 3.05) is 19.6 Å². The lowest BCUT2D eigenvalue weighted by atomic mass is 9.97. The predicted molar refractivity (Wildman–Crippen MR) is 94.9 cm³/mol. The second-order valence-corrected chi connectivity index (χ2v) is 8.14. The van der Waals surface area contributed by atoms with Crippen LogP contribution in [0.2, 0.25) is 0 Å². The van der Waals surface area contributed by atoms with E-state index in [9.17, 15) is 9.59 Å². The molecule has 1 aromatic rings. The molecule has 1 N–H and O–H groups in total. The molecule has 5 nitrogen and oxygen atoms in total. The van der Waals surface area contributed by atoms with Crippen LogP contribution in [-0.4, -0.2) is 41.3 Å². The van der Waals surface area contributed by atoms with Crippen molar-refractivity contribution < 1.29 is 9.59 Å². The molecule has 0 atom stereocenters. The molecule has 1 aromatic heterocycles. The van der Waals surface area contributed by atoms with E-state index in [2.05, 4.69) is 10.7 Å².